The van der Waals surface area contributed by atoms with E-state index in [4.69, 9.17) is 10.9 Å². The highest BCUT2D eigenvalue weighted by Crippen LogP contribution is 2.21. The second kappa shape index (κ2) is 4.87. The molecule has 0 heterocycles. The van der Waals surface area contributed by atoms with Gasteiger partial charge in [-0.15, -0.1) is 0 Å². The number of thioether (sulfide) groups is 1. The molecule has 84 valence electrons. The Kier molecular flexibility index (Phi) is 4.01. The molecule has 0 bridgehead atoms. The van der Waals surface area contributed by atoms with Crippen molar-refractivity contribution in [1.82, 2.24) is 0 Å². The predicted molar refractivity (Wildman–Crippen MR) is 64.1 cm³/mol. The van der Waals surface area contributed by atoms with Crippen molar-refractivity contribution >= 4 is 27.5 Å². The van der Waals surface area contributed by atoms with Crippen molar-refractivity contribution in [2.24, 2.45) is 5.14 Å². The van der Waals surface area contributed by atoms with Crippen LogP contribution in [0, 0.1) is 0 Å². The smallest absolute Gasteiger partial charge is 0.238 e. The zero-order chi connectivity index (χ0) is 11.5. The van der Waals surface area contributed by atoms with E-state index >= 15 is 0 Å². The molecule has 0 amide bonds. The molecule has 0 saturated heterocycles. The first-order valence-corrected chi connectivity index (χ1v) is 7.14. The normalized spacial score (nSPS) is 11.6. The molecule has 0 aliphatic carbocycles. The van der Waals surface area contributed by atoms with Gasteiger partial charge in [0.05, 0.1) is 4.90 Å². The lowest BCUT2D eigenvalue weighted by Gasteiger charge is -2.06. The van der Waals surface area contributed by atoms with Crippen molar-refractivity contribution in [3.8, 4) is 0 Å². The van der Waals surface area contributed by atoms with Gasteiger partial charge in [0, 0.05) is 11.4 Å². The maximum atomic E-state index is 11.0. The number of sulfonamides is 1. The van der Waals surface area contributed by atoms with Crippen LogP contribution in [0.1, 0.15) is 12.5 Å². The molecule has 0 unspecified atom stereocenters. The fourth-order valence-corrected chi connectivity index (χ4v) is 2.33. The van der Waals surface area contributed by atoms with Crippen molar-refractivity contribution in [1.29, 1.82) is 0 Å². The number of nitrogen functional groups attached to an aromatic ring is 1. The van der Waals surface area contributed by atoms with Gasteiger partial charge in [-0.3, -0.25) is 0 Å². The van der Waals surface area contributed by atoms with E-state index in [1.807, 2.05) is 0 Å². The van der Waals surface area contributed by atoms with Gasteiger partial charge in [-0.1, -0.05) is 13.0 Å². The zero-order valence-corrected chi connectivity index (χ0v) is 10.1. The van der Waals surface area contributed by atoms with E-state index in [0.29, 0.717) is 5.69 Å². The van der Waals surface area contributed by atoms with Gasteiger partial charge >= 0.3 is 0 Å². The highest BCUT2D eigenvalue weighted by molar-refractivity contribution is 7.98. The van der Waals surface area contributed by atoms with E-state index in [0.717, 1.165) is 17.1 Å². The Morgan fingerprint density at radius 1 is 1.40 bits per heavy atom. The van der Waals surface area contributed by atoms with E-state index in [9.17, 15) is 8.42 Å². The minimum Gasteiger partial charge on any atom is -0.398 e. The highest BCUT2D eigenvalue weighted by Gasteiger charge is 2.09. The summed E-state index contributed by atoms with van der Waals surface area (Å²) in [7, 11) is -3.65. The maximum Gasteiger partial charge on any atom is 0.238 e. The lowest BCUT2D eigenvalue weighted by molar-refractivity contribution is 0.598. The Morgan fingerprint density at radius 2 is 2.07 bits per heavy atom. The summed E-state index contributed by atoms with van der Waals surface area (Å²) < 4.78 is 22.1. The van der Waals surface area contributed by atoms with Crippen LogP contribution in [0.5, 0.6) is 0 Å². The molecule has 0 saturated carbocycles. The Hall–Kier alpha value is -0.720. The van der Waals surface area contributed by atoms with E-state index in [2.05, 4.69) is 6.92 Å². The molecule has 4 nitrogen and oxygen atoms in total. The van der Waals surface area contributed by atoms with E-state index in [1.165, 1.54) is 12.1 Å². The molecule has 0 radical (unpaired) electrons. The van der Waals surface area contributed by atoms with Gasteiger partial charge in [-0.25, -0.2) is 13.6 Å². The number of rotatable bonds is 4. The van der Waals surface area contributed by atoms with Crippen LogP contribution in [0.2, 0.25) is 0 Å². The third kappa shape index (κ3) is 3.40. The fraction of sp³-hybridized carbons (Fsp3) is 0.333. The molecular formula is C9H14N2O2S2. The van der Waals surface area contributed by atoms with Crippen LogP contribution in [0.25, 0.3) is 0 Å². The third-order valence-electron chi connectivity index (χ3n) is 1.91. The van der Waals surface area contributed by atoms with Crippen molar-refractivity contribution in [3.63, 3.8) is 0 Å². The molecule has 0 spiro atoms. The summed E-state index contributed by atoms with van der Waals surface area (Å²) in [6, 6.07) is 4.59. The Balaban J connectivity index is 2.99. The topological polar surface area (TPSA) is 86.2 Å². The van der Waals surface area contributed by atoms with E-state index < -0.39 is 10.0 Å². The third-order valence-corrected chi connectivity index (χ3v) is 3.74. The molecule has 1 aromatic carbocycles. The highest BCUT2D eigenvalue weighted by atomic mass is 32.2. The molecule has 0 fully saturated rings. The molecule has 4 N–H and O–H groups in total. The predicted octanol–water partition coefficient (Wildman–Crippen LogP) is 1.17. The summed E-state index contributed by atoms with van der Waals surface area (Å²) in [5.74, 6) is 1.78. The van der Waals surface area contributed by atoms with Gasteiger partial charge in [-0.2, -0.15) is 11.8 Å². The van der Waals surface area contributed by atoms with Gasteiger partial charge in [0.2, 0.25) is 10.0 Å². The van der Waals surface area contributed by atoms with Gasteiger partial charge in [0.25, 0.3) is 0 Å². The number of nitrogens with two attached hydrogens (primary N) is 2. The summed E-state index contributed by atoms with van der Waals surface area (Å²) in [6.45, 7) is 2.06. The number of benzene rings is 1. The molecule has 1 aromatic rings. The maximum absolute atomic E-state index is 11.0. The van der Waals surface area contributed by atoms with Crippen LogP contribution >= 0.6 is 11.8 Å². The van der Waals surface area contributed by atoms with Crippen LogP contribution in [0.15, 0.2) is 23.1 Å². The van der Waals surface area contributed by atoms with Crippen LogP contribution < -0.4 is 10.9 Å². The SMILES string of the molecule is CCSCc1ccc(S(N)(=O)=O)cc1N. The Labute approximate surface area is 94.1 Å². The Bertz CT molecular complexity index is 443. The average Bonchev–Trinajstić information content (AvgIpc) is 2.14. The first-order chi connectivity index (χ1) is 6.95. The minimum atomic E-state index is -3.65. The first kappa shape index (κ1) is 12.4. The summed E-state index contributed by atoms with van der Waals surface area (Å²) in [5.41, 5.74) is 7.14. The summed E-state index contributed by atoms with van der Waals surface area (Å²) in [4.78, 5) is 0.0604. The van der Waals surface area contributed by atoms with Crippen molar-refractivity contribution in [3.05, 3.63) is 23.8 Å². The number of hydrogen-bond acceptors (Lipinski definition) is 4. The van der Waals surface area contributed by atoms with Gasteiger partial charge in [0.15, 0.2) is 0 Å². The van der Waals surface area contributed by atoms with Crippen LogP contribution in [0.4, 0.5) is 5.69 Å². The molecule has 15 heavy (non-hydrogen) atoms. The first-order valence-electron chi connectivity index (χ1n) is 4.44. The molecule has 0 aliphatic heterocycles. The van der Waals surface area contributed by atoms with E-state index in [1.54, 1.807) is 17.8 Å². The standard InChI is InChI=1S/C9H14N2O2S2/c1-2-14-6-7-3-4-8(5-9(7)10)15(11,12)13/h3-5H,2,6,10H2,1H3,(H2,11,12,13). The number of anilines is 1. The van der Waals surface area contributed by atoms with Gasteiger partial charge in [0.1, 0.15) is 0 Å². The molecule has 0 atom stereocenters. The molecular weight excluding hydrogens is 232 g/mol. The molecule has 1 rings (SSSR count). The lowest BCUT2D eigenvalue weighted by atomic mass is 10.2. The molecule has 6 heteroatoms. The summed E-state index contributed by atoms with van der Waals surface area (Å²) in [6.07, 6.45) is 0. The lowest BCUT2D eigenvalue weighted by Crippen LogP contribution is -2.12. The van der Waals surface area contributed by atoms with Crippen LogP contribution in [0.3, 0.4) is 0 Å². The Morgan fingerprint density at radius 3 is 2.53 bits per heavy atom. The zero-order valence-electron chi connectivity index (χ0n) is 8.43. The monoisotopic (exact) mass is 246 g/mol. The van der Waals surface area contributed by atoms with Crippen LogP contribution in [-0.2, 0) is 15.8 Å². The second-order valence-corrected chi connectivity index (χ2v) is 5.88. The van der Waals surface area contributed by atoms with Gasteiger partial charge in [-0.05, 0) is 23.4 Å². The molecule has 0 aromatic heterocycles. The number of hydrogen-bond donors (Lipinski definition) is 2. The van der Waals surface area contributed by atoms with E-state index in [-0.39, 0.29) is 4.90 Å². The van der Waals surface area contributed by atoms with Gasteiger partial charge < -0.3 is 5.73 Å². The van der Waals surface area contributed by atoms with Crippen molar-refractivity contribution < 1.29 is 8.42 Å². The summed E-state index contributed by atoms with van der Waals surface area (Å²) >= 11 is 1.73. The minimum absolute atomic E-state index is 0.0604. The fourth-order valence-electron chi connectivity index (χ4n) is 1.09. The van der Waals surface area contributed by atoms with Crippen molar-refractivity contribution in [2.45, 2.75) is 17.6 Å². The van der Waals surface area contributed by atoms with Crippen LogP contribution in [-0.4, -0.2) is 14.2 Å². The molecule has 0 aliphatic rings. The quantitative estimate of drug-likeness (QED) is 0.781. The second-order valence-electron chi connectivity index (χ2n) is 3.04. The number of primary sulfonamides is 1. The van der Waals surface area contributed by atoms with Crippen molar-refractivity contribution in [2.75, 3.05) is 11.5 Å². The largest absolute Gasteiger partial charge is 0.398 e. The summed E-state index contributed by atoms with van der Waals surface area (Å²) in [5, 5.41) is 4.99. The average molecular weight is 246 g/mol.